The molecule has 2 aromatic rings. The summed E-state index contributed by atoms with van der Waals surface area (Å²) in [4.78, 5) is 14.9. The minimum absolute atomic E-state index is 0.176. The number of nitrogen functional groups attached to an aromatic ring is 1. The molecular weight excluding hydrogens is 230 g/mol. The number of anilines is 1. The summed E-state index contributed by atoms with van der Waals surface area (Å²) in [7, 11) is 0. The molecule has 0 bridgehead atoms. The molecule has 96 valence electrons. The first-order chi connectivity index (χ1) is 8.56. The second-order valence-corrected chi connectivity index (χ2v) is 4.42. The Morgan fingerprint density at radius 3 is 3.00 bits per heavy atom. The Balaban J connectivity index is 2.08. The van der Waals surface area contributed by atoms with Crippen LogP contribution in [0.4, 0.5) is 5.69 Å². The minimum atomic E-state index is -0.409. The monoisotopic (exact) mass is 247 g/mol. The van der Waals surface area contributed by atoms with E-state index in [9.17, 15) is 4.79 Å². The maximum atomic E-state index is 11.8. The summed E-state index contributed by atoms with van der Waals surface area (Å²) >= 11 is 0. The fourth-order valence-corrected chi connectivity index (χ4v) is 1.76. The van der Waals surface area contributed by atoms with Gasteiger partial charge in [-0.15, -0.1) is 0 Å². The number of aromatic amines is 1. The lowest BCUT2D eigenvalue weighted by atomic mass is 10.2. The number of nitrogens with one attached hydrogen (secondary N) is 2. The normalized spacial score (nSPS) is 12.6. The fraction of sp³-hybridized carbons (Fsp3) is 0.308. The van der Waals surface area contributed by atoms with Crippen LogP contribution in [0.25, 0.3) is 10.9 Å². The number of hydrogen-bond donors (Lipinski definition) is 4. The summed E-state index contributed by atoms with van der Waals surface area (Å²) in [6, 6.07) is 7.22. The van der Waals surface area contributed by atoms with Crippen LogP contribution in [0.2, 0.25) is 0 Å². The van der Waals surface area contributed by atoms with E-state index < -0.39 is 6.10 Å². The van der Waals surface area contributed by atoms with E-state index >= 15 is 0 Å². The van der Waals surface area contributed by atoms with Gasteiger partial charge >= 0.3 is 0 Å². The molecule has 18 heavy (non-hydrogen) atoms. The number of H-pyrrole nitrogens is 1. The Kier molecular flexibility index (Phi) is 3.53. The fourth-order valence-electron chi connectivity index (χ4n) is 1.76. The second kappa shape index (κ2) is 5.10. The minimum Gasteiger partial charge on any atom is -0.399 e. The third kappa shape index (κ3) is 2.81. The quantitative estimate of drug-likeness (QED) is 0.613. The molecule has 0 aliphatic heterocycles. The largest absolute Gasteiger partial charge is 0.399 e. The molecule has 0 radical (unpaired) electrons. The van der Waals surface area contributed by atoms with Crippen LogP contribution in [-0.2, 0) is 0 Å². The predicted octanol–water partition coefficient (Wildman–Crippen LogP) is 1.25. The number of carbonyl (C=O) groups excluding carboxylic acids is 1. The van der Waals surface area contributed by atoms with E-state index in [0.717, 1.165) is 10.9 Å². The van der Waals surface area contributed by atoms with Crippen molar-refractivity contribution in [2.45, 2.75) is 19.4 Å². The number of aromatic nitrogens is 1. The highest BCUT2D eigenvalue weighted by atomic mass is 16.3. The lowest BCUT2D eigenvalue weighted by molar-refractivity contribution is 0.0941. The zero-order valence-corrected chi connectivity index (χ0v) is 10.2. The Morgan fingerprint density at radius 1 is 1.50 bits per heavy atom. The Labute approximate surface area is 105 Å². The van der Waals surface area contributed by atoms with Crippen molar-refractivity contribution in [1.29, 1.82) is 0 Å². The van der Waals surface area contributed by atoms with Gasteiger partial charge in [0.25, 0.3) is 5.91 Å². The van der Waals surface area contributed by atoms with Gasteiger partial charge in [0, 0.05) is 23.1 Å². The number of carbonyl (C=O) groups is 1. The van der Waals surface area contributed by atoms with Crippen LogP contribution in [0.5, 0.6) is 0 Å². The summed E-state index contributed by atoms with van der Waals surface area (Å²) in [6.45, 7) is 2.14. The Morgan fingerprint density at radius 2 is 2.28 bits per heavy atom. The van der Waals surface area contributed by atoms with Crippen LogP contribution < -0.4 is 11.1 Å². The van der Waals surface area contributed by atoms with Crippen LogP contribution in [-0.4, -0.2) is 28.6 Å². The molecule has 0 saturated heterocycles. The number of benzene rings is 1. The molecule has 0 aliphatic carbocycles. The summed E-state index contributed by atoms with van der Waals surface area (Å²) < 4.78 is 0. The number of fused-ring (bicyclic) bond motifs is 1. The molecule has 2 rings (SSSR count). The lowest BCUT2D eigenvalue weighted by Gasteiger charge is -2.05. The van der Waals surface area contributed by atoms with E-state index in [0.29, 0.717) is 24.3 Å². The lowest BCUT2D eigenvalue weighted by Crippen LogP contribution is -2.26. The van der Waals surface area contributed by atoms with Crippen LogP contribution in [0.1, 0.15) is 23.8 Å². The molecule has 1 aromatic heterocycles. The van der Waals surface area contributed by atoms with E-state index in [1.165, 1.54) is 0 Å². The smallest absolute Gasteiger partial charge is 0.267 e. The van der Waals surface area contributed by atoms with Crippen LogP contribution in [0.3, 0.4) is 0 Å². The van der Waals surface area contributed by atoms with Crippen molar-refractivity contribution in [3.8, 4) is 0 Å². The summed E-state index contributed by atoms with van der Waals surface area (Å²) in [5.41, 5.74) is 7.73. The molecule has 1 aromatic carbocycles. The molecule has 1 unspecified atom stereocenters. The number of aliphatic hydroxyl groups excluding tert-OH is 1. The SMILES string of the molecule is CC(O)CCNC(=O)c1cc2cc(N)ccc2[nH]1. The zero-order chi connectivity index (χ0) is 13.1. The first-order valence-electron chi connectivity index (χ1n) is 5.91. The zero-order valence-electron chi connectivity index (χ0n) is 10.2. The van der Waals surface area contributed by atoms with Gasteiger partial charge in [0.1, 0.15) is 5.69 Å². The van der Waals surface area contributed by atoms with Crippen molar-refractivity contribution in [1.82, 2.24) is 10.3 Å². The Hall–Kier alpha value is -2.01. The number of hydrogen-bond acceptors (Lipinski definition) is 3. The van der Waals surface area contributed by atoms with Crippen molar-refractivity contribution in [3.05, 3.63) is 30.0 Å². The van der Waals surface area contributed by atoms with E-state index in [1.54, 1.807) is 19.1 Å². The Bertz CT molecular complexity index is 560. The average Bonchev–Trinajstić information content (AvgIpc) is 2.71. The van der Waals surface area contributed by atoms with E-state index in [4.69, 9.17) is 10.8 Å². The molecule has 1 amide bonds. The van der Waals surface area contributed by atoms with E-state index in [2.05, 4.69) is 10.3 Å². The van der Waals surface area contributed by atoms with Gasteiger partial charge in [0.05, 0.1) is 6.10 Å². The highest BCUT2D eigenvalue weighted by Crippen LogP contribution is 2.18. The molecule has 5 nitrogen and oxygen atoms in total. The molecule has 5 N–H and O–H groups in total. The summed E-state index contributed by atoms with van der Waals surface area (Å²) in [5, 5.41) is 12.8. The first kappa shape index (κ1) is 12.4. The topological polar surface area (TPSA) is 91.1 Å². The highest BCUT2D eigenvalue weighted by Gasteiger charge is 2.09. The molecule has 0 spiro atoms. The summed E-state index contributed by atoms with van der Waals surface area (Å²) in [6.07, 6.45) is 0.131. The van der Waals surface area contributed by atoms with Gasteiger partial charge in [-0.05, 0) is 37.6 Å². The van der Waals surface area contributed by atoms with Crippen LogP contribution in [0, 0.1) is 0 Å². The number of aliphatic hydroxyl groups is 1. The van der Waals surface area contributed by atoms with E-state index in [1.807, 2.05) is 12.1 Å². The molecular formula is C13H17N3O2. The predicted molar refractivity (Wildman–Crippen MR) is 71.3 cm³/mol. The first-order valence-corrected chi connectivity index (χ1v) is 5.91. The van der Waals surface area contributed by atoms with Gasteiger partial charge in [-0.2, -0.15) is 0 Å². The van der Waals surface area contributed by atoms with Crippen molar-refractivity contribution >= 4 is 22.5 Å². The molecule has 1 atom stereocenters. The molecule has 1 heterocycles. The summed E-state index contributed by atoms with van der Waals surface area (Å²) in [5.74, 6) is -0.176. The number of rotatable bonds is 4. The third-order valence-electron chi connectivity index (χ3n) is 2.74. The second-order valence-electron chi connectivity index (χ2n) is 4.42. The third-order valence-corrected chi connectivity index (χ3v) is 2.74. The molecule has 5 heteroatoms. The molecule has 0 aliphatic rings. The van der Waals surface area contributed by atoms with Crippen molar-refractivity contribution in [3.63, 3.8) is 0 Å². The van der Waals surface area contributed by atoms with Crippen LogP contribution >= 0.6 is 0 Å². The van der Waals surface area contributed by atoms with Crippen molar-refractivity contribution < 1.29 is 9.90 Å². The van der Waals surface area contributed by atoms with E-state index in [-0.39, 0.29) is 5.91 Å². The van der Waals surface area contributed by atoms with Gasteiger partial charge in [-0.1, -0.05) is 0 Å². The molecule has 0 fully saturated rings. The van der Waals surface area contributed by atoms with Gasteiger partial charge in [-0.3, -0.25) is 4.79 Å². The molecule has 0 saturated carbocycles. The van der Waals surface area contributed by atoms with Crippen molar-refractivity contribution in [2.24, 2.45) is 0 Å². The van der Waals surface area contributed by atoms with Crippen LogP contribution in [0.15, 0.2) is 24.3 Å². The maximum absolute atomic E-state index is 11.8. The number of amides is 1. The van der Waals surface area contributed by atoms with Gasteiger partial charge in [-0.25, -0.2) is 0 Å². The standard InChI is InChI=1S/C13H17N3O2/c1-8(17)4-5-15-13(18)12-7-9-6-10(14)2-3-11(9)16-12/h2-3,6-8,16-17H,4-5,14H2,1H3,(H,15,18). The number of nitrogens with two attached hydrogens (primary N) is 1. The highest BCUT2D eigenvalue weighted by molar-refractivity contribution is 5.98. The van der Waals surface area contributed by atoms with Gasteiger partial charge in [0.15, 0.2) is 0 Å². The van der Waals surface area contributed by atoms with Gasteiger partial charge < -0.3 is 21.1 Å². The van der Waals surface area contributed by atoms with Gasteiger partial charge in [0.2, 0.25) is 0 Å². The average molecular weight is 247 g/mol. The van der Waals surface area contributed by atoms with Crippen molar-refractivity contribution in [2.75, 3.05) is 12.3 Å². The maximum Gasteiger partial charge on any atom is 0.267 e.